The predicted molar refractivity (Wildman–Crippen MR) is 104 cm³/mol. The summed E-state index contributed by atoms with van der Waals surface area (Å²) >= 11 is 0. The third-order valence-electron chi connectivity index (χ3n) is 9.81. The van der Waals surface area contributed by atoms with Crippen LogP contribution in [-0.2, 0) is 14.4 Å². The average Bonchev–Trinajstić information content (AvgIpc) is 3.00. The van der Waals surface area contributed by atoms with Crippen LogP contribution in [0.2, 0.25) is 0 Å². The largest absolute Gasteiger partial charge is 0.550 e. The maximum atomic E-state index is 13.6. The predicted octanol–water partition coefficient (Wildman–Crippen LogP) is 3.56. The lowest BCUT2D eigenvalue weighted by Crippen LogP contribution is -2.59. The fraction of sp³-hybridized carbons (Fsp3) is 0.875. The normalized spacial score (nSPS) is 46.5. The van der Waals surface area contributed by atoms with Gasteiger partial charge >= 0.3 is 0 Å². The molecule has 0 amide bonds. The molecule has 4 fully saturated rings. The molecule has 4 aliphatic rings. The summed E-state index contributed by atoms with van der Waals surface area (Å²) in [7, 11) is 0. The van der Waals surface area contributed by atoms with Crippen LogP contribution >= 0.6 is 0 Å². The minimum atomic E-state index is -1.01. The van der Waals surface area contributed by atoms with Crippen molar-refractivity contribution in [3.63, 3.8) is 0 Å². The van der Waals surface area contributed by atoms with Crippen LogP contribution in [-0.4, -0.2) is 17.5 Å². The first kappa shape index (κ1) is 20.1. The molecule has 0 spiro atoms. The van der Waals surface area contributed by atoms with E-state index in [1.807, 2.05) is 0 Å². The maximum Gasteiger partial charge on any atom is 0.139 e. The summed E-state index contributed by atoms with van der Waals surface area (Å²) in [5.74, 6) is 0.998. The van der Waals surface area contributed by atoms with Crippen LogP contribution in [0.25, 0.3) is 0 Å². The summed E-state index contributed by atoms with van der Waals surface area (Å²) < 4.78 is 0. The van der Waals surface area contributed by atoms with Crippen LogP contribution in [0, 0.1) is 46.3 Å². The summed E-state index contributed by atoms with van der Waals surface area (Å²) in [6.45, 7) is 6.56. The van der Waals surface area contributed by atoms with Crippen molar-refractivity contribution in [1.82, 2.24) is 0 Å². The van der Waals surface area contributed by atoms with Crippen molar-refractivity contribution in [1.29, 1.82) is 0 Å². The number of ketones is 2. The van der Waals surface area contributed by atoms with Gasteiger partial charge in [-0.25, -0.2) is 0 Å². The lowest BCUT2D eigenvalue weighted by atomic mass is 9.44. The van der Waals surface area contributed by atoms with Crippen molar-refractivity contribution in [3.05, 3.63) is 0 Å². The molecule has 4 aliphatic carbocycles. The van der Waals surface area contributed by atoms with Gasteiger partial charge in [0.1, 0.15) is 11.6 Å². The minimum absolute atomic E-state index is 0.0420. The number of rotatable bonds is 4. The number of carbonyl (C=O) groups is 3. The Morgan fingerprint density at radius 1 is 1.11 bits per heavy atom. The minimum Gasteiger partial charge on any atom is -0.550 e. The number of fused-ring (bicyclic) bond motifs is 5. The molecule has 0 unspecified atom stereocenters. The number of carboxylic acids is 1. The average molecular weight is 388 g/mol. The van der Waals surface area contributed by atoms with Gasteiger partial charge in [0, 0.05) is 30.1 Å². The van der Waals surface area contributed by atoms with Gasteiger partial charge in [-0.05, 0) is 73.5 Å². The monoisotopic (exact) mass is 387 g/mol. The van der Waals surface area contributed by atoms with Crippen molar-refractivity contribution >= 4 is 17.5 Å². The molecule has 4 rings (SSSR count). The molecule has 0 aromatic heterocycles. The van der Waals surface area contributed by atoms with E-state index in [4.69, 9.17) is 0 Å². The Kier molecular flexibility index (Phi) is 4.99. The highest BCUT2D eigenvalue weighted by molar-refractivity contribution is 5.92. The Hall–Kier alpha value is -1.19. The molecule has 4 nitrogen and oxygen atoms in total. The molecule has 28 heavy (non-hydrogen) atoms. The molecular formula is C24H35O4-. The Morgan fingerprint density at radius 2 is 1.86 bits per heavy atom. The molecular weight excluding hydrogens is 352 g/mol. The van der Waals surface area contributed by atoms with Crippen molar-refractivity contribution in [2.75, 3.05) is 0 Å². The van der Waals surface area contributed by atoms with E-state index in [1.54, 1.807) is 0 Å². The van der Waals surface area contributed by atoms with Gasteiger partial charge in [-0.3, -0.25) is 9.59 Å². The Morgan fingerprint density at radius 3 is 2.57 bits per heavy atom. The Balaban J connectivity index is 1.63. The van der Waals surface area contributed by atoms with Gasteiger partial charge in [0.15, 0.2) is 0 Å². The van der Waals surface area contributed by atoms with Gasteiger partial charge in [-0.1, -0.05) is 33.6 Å². The lowest BCUT2D eigenvalue weighted by molar-refractivity contribution is -0.306. The first-order valence-corrected chi connectivity index (χ1v) is 11.5. The van der Waals surface area contributed by atoms with Crippen LogP contribution < -0.4 is 5.11 Å². The van der Waals surface area contributed by atoms with E-state index in [-0.39, 0.29) is 41.4 Å². The summed E-state index contributed by atoms with van der Waals surface area (Å²) in [4.78, 5) is 37.8. The zero-order valence-electron chi connectivity index (χ0n) is 17.7. The summed E-state index contributed by atoms with van der Waals surface area (Å²) in [5.41, 5.74) is -0.313. The highest BCUT2D eigenvalue weighted by Crippen LogP contribution is 2.66. The van der Waals surface area contributed by atoms with Gasteiger partial charge in [-0.15, -0.1) is 0 Å². The molecule has 156 valence electrons. The molecule has 0 N–H and O–H groups in total. The van der Waals surface area contributed by atoms with Gasteiger partial charge in [-0.2, -0.15) is 0 Å². The van der Waals surface area contributed by atoms with Crippen molar-refractivity contribution in [2.45, 2.75) is 85.0 Å². The molecule has 0 aromatic rings. The van der Waals surface area contributed by atoms with Crippen molar-refractivity contribution in [3.8, 4) is 0 Å². The van der Waals surface area contributed by atoms with Crippen LogP contribution in [0.5, 0.6) is 0 Å². The fourth-order valence-electron chi connectivity index (χ4n) is 8.17. The van der Waals surface area contributed by atoms with E-state index in [9.17, 15) is 19.5 Å². The third kappa shape index (κ3) is 2.81. The van der Waals surface area contributed by atoms with Crippen LogP contribution in [0.15, 0.2) is 0 Å². The smallest absolute Gasteiger partial charge is 0.139 e. The van der Waals surface area contributed by atoms with E-state index in [1.165, 1.54) is 12.8 Å². The van der Waals surface area contributed by atoms with E-state index in [2.05, 4.69) is 20.8 Å². The summed E-state index contributed by atoms with van der Waals surface area (Å²) in [6, 6.07) is 0. The van der Waals surface area contributed by atoms with Gasteiger partial charge in [0.05, 0.1) is 0 Å². The standard InChI is InChI=1S/C24H36O4/c1-14(7-10-21(27)28)16-8-9-17-22-18(13-20(26)24(16,17)3)23(2)11-5-4-6-15(23)12-19(22)25/h14-18,22H,4-13H2,1-3H3,(H,27,28)/p-1/t14-,15-,16+,17+,18+,22+,23-,24+/m0/s1. The zero-order chi connectivity index (χ0) is 20.3. The highest BCUT2D eigenvalue weighted by atomic mass is 16.4. The molecule has 0 radical (unpaired) electrons. The zero-order valence-corrected chi connectivity index (χ0v) is 17.7. The first-order valence-electron chi connectivity index (χ1n) is 11.5. The molecule has 0 aromatic carbocycles. The van der Waals surface area contributed by atoms with E-state index in [0.29, 0.717) is 36.7 Å². The van der Waals surface area contributed by atoms with Crippen molar-refractivity contribution in [2.24, 2.45) is 46.3 Å². The maximum absolute atomic E-state index is 13.6. The summed E-state index contributed by atoms with van der Waals surface area (Å²) in [6.07, 6.45) is 8.51. The SMILES string of the molecule is C[C@@H](CCC(=O)[O-])[C@H]1CC[C@@H]2[C@H]3C(=O)C[C@@H]4CCCC[C@]4(C)[C@@H]3CC(=O)[C@@]21C. The number of aliphatic carboxylic acids is 1. The molecule has 0 aliphatic heterocycles. The molecule has 8 atom stereocenters. The third-order valence-corrected chi connectivity index (χ3v) is 9.81. The number of carbonyl (C=O) groups excluding carboxylic acids is 3. The van der Waals surface area contributed by atoms with Crippen LogP contribution in [0.1, 0.15) is 85.0 Å². The molecule has 0 heterocycles. The van der Waals surface area contributed by atoms with Crippen LogP contribution in [0.3, 0.4) is 0 Å². The molecule has 0 bridgehead atoms. The number of hydrogen-bond acceptors (Lipinski definition) is 4. The molecule has 4 saturated carbocycles. The van der Waals surface area contributed by atoms with E-state index >= 15 is 0 Å². The number of carboxylic acid groups (broad SMARTS) is 1. The molecule has 0 saturated heterocycles. The van der Waals surface area contributed by atoms with E-state index < -0.39 is 11.4 Å². The second kappa shape index (κ2) is 6.95. The number of Topliss-reactive ketones (excluding diaryl/α,β-unsaturated/α-hetero) is 2. The van der Waals surface area contributed by atoms with Gasteiger partial charge < -0.3 is 9.90 Å². The summed E-state index contributed by atoms with van der Waals surface area (Å²) in [5, 5.41) is 10.9. The van der Waals surface area contributed by atoms with Crippen molar-refractivity contribution < 1.29 is 19.5 Å². The first-order chi connectivity index (χ1) is 13.2. The Labute approximate surface area is 168 Å². The quantitative estimate of drug-likeness (QED) is 0.739. The molecule has 4 heteroatoms. The van der Waals surface area contributed by atoms with Gasteiger partial charge in [0.2, 0.25) is 0 Å². The highest BCUT2D eigenvalue weighted by Gasteiger charge is 2.65. The fourth-order valence-corrected chi connectivity index (χ4v) is 8.17. The van der Waals surface area contributed by atoms with E-state index in [0.717, 1.165) is 25.7 Å². The van der Waals surface area contributed by atoms with Gasteiger partial charge in [0.25, 0.3) is 0 Å². The Bertz CT molecular complexity index is 684. The lowest BCUT2D eigenvalue weighted by Gasteiger charge is -2.59. The topological polar surface area (TPSA) is 74.3 Å². The second-order valence-electron chi connectivity index (χ2n) is 10.8. The number of hydrogen-bond donors (Lipinski definition) is 0. The van der Waals surface area contributed by atoms with Crippen LogP contribution in [0.4, 0.5) is 0 Å². The second-order valence-corrected chi connectivity index (χ2v) is 10.8.